The molecule has 0 aliphatic carbocycles. The van der Waals surface area contributed by atoms with Gasteiger partial charge < -0.3 is 4.42 Å². The highest BCUT2D eigenvalue weighted by molar-refractivity contribution is 14.1. The van der Waals surface area contributed by atoms with Crippen molar-refractivity contribution in [3.05, 3.63) is 51.7 Å². The van der Waals surface area contributed by atoms with Crippen molar-refractivity contribution in [3.8, 4) is 11.3 Å². The number of rotatable bonds is 1. The zero-order valence-corrected chi connectivity index (χ0v) is 11.4. The minimum atomic E-state index is 0.846. The first-order valence-corrected chi connectivity index (χ1v) is 6.44. The van der Waals surface area contributed by atoms with Crippen LogP contribution in [-0.2, 0) is 0 Å². The number of hydrogen-bond acceptors (Lipinski definition) is 2. The molecule has 3 heteroatoms. The smallest absolute Gasteiger partial charge is 0.154 e. The number of halogens is 1. The molecule has 3 aromatic rings. The van der Waals surface area contributed by atoms with Gasteiger partial charge in [0.25, 0.3) is 0 Å². The fourth-order valence-corrected chi connectivity index (χ4v) is 2.63. The second-order valence-electron chi connectivity index (χ2n) is 3.91. The number of aromatic nitrogens is 1. The molecule has 0 bridgehead atoms. The summed E-state index contributed by atoms with van der Waals surface area (Å²) in [5.74, 6) is 0.902. The van der Waals surface area contributed by atoms with E-state index in [0.717, 1.165) is 31.7 Å². The summed E-state index contributed by atoms with van der Waals surface area (Å²) in [6.45, 7) is 1.99. The SMILES string of the molecule is Cc1ccc2oc(-c3ccccc3)c(I)c2n1. The molecule has 2 nitrogen and oxygen atoms in total. The molecule has 84 valence electrons. The van der Waals surface area contributed by atoms with E-state index in [4.69, 9.17) is 4.42 Å². The Balaban J connectivity index is 2.28. The van der Waals surface area contributed by atoms with Gasteiger partial charge in [0.2, 0.25) is 0 Å². The molecule has 0 fully saturated rings. The van der Waals surface area contributed by atoms with Crippen molar-refractivity contribution in [1.29, 1.82) is 0 Å². The van der Waals surface area contributed by atoms with E-state index in [2.05, 4.69) is 27.6 Å². The summed E-state index contributed by atoms with van der Waals surface area (Å²) in [6, 6.07) is 14.1. The molecule has 17 heavy (non-hydrogen) atoms. The van der Waals surface area contributed by atoms with Crippen molar-refractivity contribution in [1.82, 2.24) is 4.98 Å². The van der Waals surface area contributed by atoms with Gasteiger partial charge in [-0.05, 0) is 41.6 Å². The summed E-state index contributed by atoms with van der Waals surface area (Å²) < 4.78 is 6.95. The van der Waals surface area contributed by atoms with Gasteiger partial charge in [0.05, 0.1) is 3.57 Å². The maximum atomic E-state index is 5.87. The number of furan rings is 1. The zero-order valence-electron chi connectivity index (χ0n) is 9.27. The Morgan fingerprint density at radius 3 is 2.59 bits per heavy atom. The summed E-state index contributed by atoms with van der Waals surface area (Å²) in [4.78, 5) is 4.52. The van der Waals surface area contributed by atoms with Gasteiger partial charge in [-0.25, -0.2) is 4.98 Å². The minimum Gasteiger partial charge on any atom is -0.453 e. The molecule has 0 saturated carbocycles. The first-order valence-electron chi connectivity index (χ1n) is 5.37. The number of benzene rings is 1. The molecule has 0 saturated heterocycles. The van der Waals surface area contributed by atoms with Crippen LogP contribution in [0.3, 0.4) is 0 Å². The molecule has 0 atom stereocenters. The summed E-state index contributed by atoms with van der Waals surface area (Å²) >= 11 is 2.30. The number of aryl methyl sites for hydroxylation is 1. The predicted octanol–water partition coefficient (Wildman–Crippen LogP) is 4.41. The van der Waals surface area contributed by atoms with Gasteiger partial charge in [-0.1, -0.05) is 30.3 Å². The molecule has 2 aromatic heterocycles. The lowest BCUT2D eigenvalue weighted by molar-refractivity contribution is 0.629. The summed E-state index contributed by atoms with van der Waals surface area (Å²) in [7, 11) is 0. The van der Waals surface area contributed by atoms with E-state index in [-0.39, 0.29) is 0 Å². The molecule has 0 radical (unpaired) electrons. The fraction of sp³-hybridized carbons (Fsp3) is 0.0714. The monoisotopic (exact) mass is 335 g/mol. The van der Waals surface area contributed by atoms with Gasteiger partial charge in [0, 0.05) is 11.3 Å². The average Bonchev–Trinajstić information content (AvgIpc) is 2.68. The Morgan fingerprint density at radius 2 is 1.82 bits per heavy atom. The Morgan fingerprint density at radius 1 is 1.06 bits per heavy atom. The van der Waals surface area contributed by atoms with Crippen LogP contribution in [0.5, 0.6) is 0 Å². The standard InChI is InChI=1S/C14H10INO/c1-9-7-8-11-13(16-9)12(15)14(17-11)10-5-3-2-4-6-10/h2-8H,1H3. The molecule has 0 unspecified atom stereocenters. The summed E-state index contributed by atoms with van der Waals surface area (Å²) in [6.07, 6.45) is 0. The highest BCUT2D eigenvalue weighted by Gasteiger charge is 2.14. The molecule has 1 aromatic carbocycles. The van der Waals surface area contributed by atoms with Gasteiger partial charge in [-0.15, -0.1) is 0 Å². The van der Waals surface area contributed by atoms with E-state index in [0.29, 0.717) is 0 Å². The Labute approximate surface area is 113 Å². The van der Waals surface area contributed by atoms with Gasteiger partial charge >= 0.3 is 0 Å². The van der Waals surface area contributed by atoms with Crippen LogP contribution in [0, 0.1) is 10.5 Å². The fourth-order valence-electron chi connectivity index (χ4n) is 1.82. The lowest BCUT2D eigenvalue weighted by Crippen LogP contribution is -1.81. The maximum absolute atomic E-state index is 5.87. The van der Waals surface area contributed by atoms with Crippen LogP contribution in [0.25, 0.3) is 22.4 Å². The van der Waals surface area contributed by atoms with E-state index in [9.17, 15) is 0 Å². The van der Waals surface area contributed by atoms with Crippen molar-refractivity contribution in [2.75, 3.05) is 0 Å². The average molecular weight is 335 g/mol. The predicted molar refractivity (Wildman–Crippen MR) is 76.9 cm³/mol. The normalized spacial score (nSPS) is 10.9. The van der Waals surface area contributed by atoms with E-state index in [1.165, 1.54) is 0 Å². The molecule has 0 N–H and O–H groups in total. The van der Waals surface area contributed by atoms with E-state index in [1.54, 1.807) is 0 Å². The van der Waals surface area contributed by atoms with Gasteiger partial charge in [-0.3, -0.25) is 0 Å². The van der Waals surface area contributed by atoms with Crippen LogP contribution in [-0.4, -0.2) is 4.98 Å². The second-order valence-corrected chi connectivity index (χ2v) is 4.99. The van der Waals surface area contributed by atoms with Crippen LogP contribution in [0.4, 0.5) is 0 Å². The van der Waals surface area contributed by atoms with Crippen LogP contribution in [0.2, 0.25) is 0 Å². The third-order valence-corrected chi connectivity index (χ3v) is 3.65. The third-order valence-electron chi connectivity index (χ3n) is 2.65. The topological polar surface area (TPSA) is 26.0 Å². The van der Waals surface area contributed by atoms with Crippen LogP contribution < -0.4 is 0 Å². The highest BCUT2D eigenvalue weighted by Crippen LogP contribution is 2.33. The number of pyridine rings is 1. The Hall–Kier alpha value is -1.36. The lowest BCUT2D eigenvalue weighted by Gasteiger charge is -1.95. The van der Waals surface area contributed by atoms with Gasteiger partial charge in [0.15, 0.2) is 5.58 Å². The van der Waals surface area contributed by atoms with Crippen LogP contribution >= 0.6 is 22.6 Å². The first kappa shape index (κ1) is 10.8. The third kappa shape index (κ3) is 1.84. The van der Waals surface area contributed by atoms with Crippen molar-refractivity contribution in [2.45, 2.75) is 6.92 Å². The molecule has 3 rings (SSSR count). The molecule has 0 spiro atoms. The minimum absolute atomic E-state index is 0.846. The lowest BCUT2D eigenvalue weighted by atomic mass is 10.2. The van der Waals surface area contributed by atoms with Crippen LogP contribution in [0.15, 0.2) is 46.9 Å². The largest absolute Gasteiger partial charge is 0.453 e. The zero-order chi connectivity index (χ0) is 11.8. The second kappa shape index (κ2) is 4.14. The van der Waals surface area contributed by atoms with Crippen molar-refractivity contribution in [2.24, 2.45) is 0 Å². The van der Waals surface area contributed by atoms with E-state index < -0.39 is 0 Å². The highest BCUT2D eigenvalue weighted by atomic mass is 127. The van der Waals surface area contributed by atoms with E-state index in [1.807, 2.05) is 49.4 Å². The number of hydrogen-bond donors (Lipinski definition) is 0. The molecule has 2 heterocycles. The van der Waals surface area contributed by atoms with E-state index >= 15 is 0 Å². The van der Waals surface area contributed by atoms with Crippen molar-refractivity contribution in [3.63, 3.8) is 0 Å². The molecule has 0 aliphatic rings. The van der Waals surface area contributed by atoms with Crippen LogP contribution in [0.1, 0.15) is 5.69 Å². The van der Waals surface area contributed by atoms with Gasteiger partial charge in [0.1, 0.15) is 11.3 Å². The molecule has 0 amide bonds. The molecule has 0 aliphatic heterocycles. The maximum Gasteiger partial charge on any atom is 0.154 e. The van der Waals surface area contributed by atoms with Gasteiger partial charge in [-0.2, -0.15) is 0 Å². The van der Waals surface area contributed by atoms with Crippen molar-refractivity contribution >= 4 is 33.7 Å². The quantitative estimate of drug-likeness (QED) is 0.616. The first-order chi connectivity index (χ1) is 8.25. The Kier molecular flexibility index (Phi) is 2.63. The summed E-state index contributed by atoms with van der Waals surface area (Å²) in [5.41, 5.74) is 3.90. The number of fused-ring (bicyclic) bond motifs is 1. The number of nitrogens with zero attached hydrogens (tertiary/aromatic N) is 1. The Bertz CT molecular complexity index is 673. The van der Waals surface area contributed by atoms with Crippen molar-refractivity contribution < 1.29 is 4.42 Å². The molecular formula is C14H10INO. The molecular weight excluding hydrogens is 325 g/mol. The summed E-state index contributed by atoms with van der Waals surface area (Å²) in [5, 5.41) is 0.